The number of carbonyl (C=O) groups excluding carboxylic acids is 1. The highest BCUT2D eigenvalue weighted by Crippen LogP contribution is 2.27. The van der Waals surface area contributed by atoms with E-state index in [1.807, 2.05) is 0 Å². The van der Waals surface area contributed by atoms with Crippen LogP contribution in [0.3, 0.4) is 0 Å². The van der Waals surface area contributed by atoms with Gasteiger partial charge < -0.3 is 14.2 Å². The predicted molar refractivity (Wildman–Crippen MR) is 118 cm³/mol. The number of hydrogen-bond acceptors (Lipinski definition) is 7. The van der Waals surface area contributed by atoms with Crippen LogP contribution < -0.4 is 14.2 Å². The highest BCUT2D eigenvalue weighted by Gasteiger charge is 2.23. The Hall–Kier alpha value is -3.43. The van der Waals surface area contributed by atoms with Crippen LogP contribution in [0.4, 0.5) is 0 Å². The van der Waals surface area contributed by atoms with Gasteiger partial charge in [-0.2, -0.15) is 0 Å². The molecule has 1 heterocycles. The van der Waals surface area contributed by atoms with Crippen molar-refractivity contribution in [1.29, 1.82) is 0 Å². The first-order valence-corrected chi connectivity index (χ1v) is 11.3. The molecule has 1 N–H and O–H groups in total. The van der Waals surface area contributed by atoms with Gasteiger partial charge in [0.05, 0.1) is 18.9 Å². The molecule has 3 rings (SSSR count). The number of carbonyl (C=O) groups is 1. The first-order valence-electron chi connectivity index (χ1n) is 9.83. The molecule has 32 heavy (non-hydrogen) atoms. The van der Waals surface area contributed by atoms with E-state index in [9.17, 15) is 13.2 Å². The maximum absolute atomic E-state index is 12.7. The third kappa shape index (κ3) is 5.83. The normalized spacial score (nSPS) is 11.2. The maximum atomic E-state index is 12.7. The molecule has 9 heteroatoms. The smallest absolute Gasteiger partial charge is 0.338 e. The van der Waals surface area contributed by atoms with Crippen molar-refractivity contribution in [3.05, 3.63) is 78.1 Å². The first kappa shape index (κ1) is 23.2. The highest BCUT2D eigenvalue weighted by molar-refractivity contribution is 7.89. The monoisotopic (exact) mass is 456 g/mol. The molecule has 0 aliphatic heterocycles. The van der Waals surface area contributed by atoms with Crippen LogP contribution in [0.25, 0.3) is 0 Å². The minimum Gasteiger partial charge on any atom is -0.495 e. The average molecular weight is 457 g/mol. The van der Waals surface area contributed by atoms with Crippen molar-refractivity contribution in [2.24, 2.45) is 0 Å². The lowest BCUT2D eigenvalue weighted by Crippen LogP contribution is -2.30. The standard InChI is InChI=1S/C23H24N2O6S/c1-16(2)25-32(27,28)22-13-17(10-11-21(22)29-3)23(26)30-15-18-7-4-5-9-20(18)31-19-8-6-12-24-14-19/h4-14,16,25H,15H2,1-3H3. The number of methoxy groups -OCH3 is 1. The van der Waals surface area contributed by atoms with Crippen molar-refractivity contribution in [3.8, 4) is 17.2 Å². The largest absolute Gasteiger partial charge is 0.495 e. The van der Waals surface area contributed by atoms with Crippen LogP contribution in [0.1, 0.15) is 29.8 Å². The zero-order valence-electron chi connectivity index (χ0n) is 17.9. The van der Waals surface area contributed by atoms with E-state index < -0.39 is 16.0 Å². The Morgan fingerprint density at radius 2 is 1.84 bits per heavy atom. The zero-order chi connectivity index (χ0) is 23.1. The van der Waals surface area contributed by atoms with Crippen LogP contribution in [-0.4, -0.2) is 32.5 Å². The molecule has 8 nitrogen and oxygen atoms in total. The van der Waals surface area contributed by atoms with E-state index in [0.29, 0.717) is 17.1 Å². The number of aromatic nitrogens is 1. The lowest BCUT2D eigenvalue weighted by atomic mass is 10.2. The number of ether oxygens (including phenoxy) is 3. The zero-order valence-corrected chi connectivity index (χ0v) is 18.8. The summed E-state index contributed by atoms with van der Waals surface area (Å²) in [5.74, 6) is 0.524. The number of esters is 1. The lowest BCUT2D eigenvalue weighted by molar-refractivity contribution is 0.0470. The Bertz CT molecular complexity index is 1180. The summed E-state index contributed by atoms with van der Waals surface area (Å²) in [5, 5.41) is 0. The molecule has 1 aromatic heterocycles. The van der Waals surface area contributed by atoms with Gasteiger partial charge in [0, 0.05) is 17.8 Å². The molecule has 0 amide bonds. The fourth-order valence-corrected chi connectivity index (χ4v) is 4.32. The number of sulfonamides is 1. The summed E-state index contributed by atoms with van der Waals surface area (Å²) in [7, 11) is -2.51. The van der Waals surface area contributed by atoms with Gasteiger partial charge in [0.15, 0.2) is 0 Å². The number of rotatable bonds is 9. The highest BCUT2D eigenvalue weighted by atomic mass is 32.2. The van der Waals surface area contributed by atoms with Gasteiger partial charge in [-0.3, -0.25) is 4.98 Å². The molecule has 0 fully saturated rings. The Labute approximate surface area is 187 Å². The molecular weight excluding hydrogens is 432 g/mol. The second kappa shape index (κ2) is 10.3. The van der Waals surface area contributed by atoms with E-state index in [0.717, 1.165) is 0 Å². The van der Waals surface area contributed by atoms with Crippen molar-refractivity contribution in [1.82, 2.24) is 9.71 Å². The minimum absolute atomic E-state index is 0.0619. The van der Waals surface area contributed by atoms with E-state index in [2.05, 4.69) is 9.71 Å². The minimum atomic E-state index is -3.88. The van der Waals surface area contributed by atoms with Crippen LogP contribution in [0.2, 0.25) is 0 Å². The van der Waals surface area contributed by atoms with Gasteiger partial charge in [-0.1, -0.05) is 18.2 Å². The van der Waals surface area contributed by atoms with Crippen LogP contribution in [-0.2, 0) is 21.4 Å². The second-order valence-electron chi connectivity index (χ2n) is 7.12. The van der Waals surface area contributed by atoms with Gasteiger partial charge in [-0.25, -0.2) is 17.9 Å². The molecule has 0 saturated carbocycles. The van der Waals surface area contributed by atoms with Gasteiger partial charge in [0.1, 0.15) is 28.8 Å². The molecule has 3 aromatic rings. The Balaban J connectivity index is 1.78. The summed E-state index contributed by atoms with van der Waals surface area (Å²) in [5.41, 5.74) is 0.730. The quantitative estimate of drug-likeness (QED) is 0.487. The topological polar surface area (TPSA) is 104 Å². The van der Waals surface area contributed by atoms with E-state index in [-0.39, 0.29) is 28.9 Å². The lowest BCUT2D eigenvalue weighted by Gasteiger charge is -2.14. The molecule has 0 bridgehead atoms. The van der Waals surface area contributed by atoms with Gasteiger partial charge in [-0.15, -0.1) is 0 Å². The summed E-state index contributed by atoms with van der Waals surface area (Å²) < 4.78 is 44.1. The molecule has 0 aliphatic carbocycles. The Kier molecular flexibility index (Phi) is 7.45. The Morgan fingerprint density at radius 3 is 2.53 bits per heavy atom. The van der Waals surface area contributed by atoms with Crippen LogP contribution in [0.5, 0.6) is 17.2 Å². The van der Waals surface area contributed by atoms with Crippen molar-refractivity contribution in [3.63, 3.8) is 0 Å². The molecule has 2 aromatic carbocycles. The van der Waals surface area contributed by atoms with Gasteiger partial charge >= 0.3 is 5.97 Å². The molecular formula is C23H24N2O6S. The van der Waals surface area contributed by atoms with Crippen LogP contribution in [0, 0.1) is 0 Å². The molecule has 0 radical (unpaired) electrons. The summed E-state index contributed by atoms with van der Waals surface area (Å²) in [4.78, 5) is 16.5. The van der Waals surface area contributed by atoms with E-state index >= 15 is 0 Å². The number of pyridine rings is 1. The number of nitrogens with zero attached hydrogens (tertiary/aromatic N) is 1. The van der Waals surface area contributed by atoms with Crippen LogP contribution >= 0.6 is 0 Å². The van der Waals surface area contributed by atoms with E-state index in [1.165, 1.54) is 25.3 Å². The Morgan fingerprint density at radius 1 is 1.06 bits per heavy atom. The fraction of sp³-hybridized carbons (Fsp3) is 0.217. The molecule has 168 valence electrons. The summed E-state index contributed by atoms with van der Waals surface area (Å²) in [6.07, 6.45) is 3.22. The molecule has 0 aliphatic rings. The maximum Gasteiger partial charge on any atom is 0.338 e. The summed E-state index contributed by atoms with van der Waals surface area (Å²) >= 11 is 0. The fourth-order valence-electron chi connectivity index (χ4n) is 2.87. The van der Waals surface area contributed by atoms with Crippen molar-refractivity contribution >= 4 is 16.0 Å². The second-order valence-corrected chi connectivity index (χ2v) is 8.80. The van der Waals surface area contributed by atoms with Gasteiger partial charge in [0.2, 0.25) is 10.0 Å². The van der Waals surface area contributed by atoms with Gasteiger partial charge in [-0.05, 0) is 50.2 Å². The first-order chi connectivity index (χ1) is 15.3. The predicted octanol–water partition coefficient (Wildman–Crippen LogP) is 3.93. The molecule has 0 unspecified atom stereocenters. The summed E-state index contributed by atoms with van der Waals surface area (Å²) in [6.45, 7) is 3.34. The number of benzene rings is 2. The molecule has 0 saturated heterocycles. The van der Waals surface area contributed by atoms with Crippen molar-refractivity contribution < 1.29 is 27.4 Å². The number of hydrogen-bond donors (Lipinski definition) is 1. The average Bonchev–Trinajstić information content (AvgIpc) is 2.77. The van der Waals surface area contributed by atoms with Crippen molar-refractivity contribution in [2.75, 3.05) is 7.11 Å². The van der Waals surface area contributed by atoms with Crippen molar-refractivity contribution in [2.45, 2.75) is 31.4 Å². The van der Waals surface area contributed by atoms with E-state index in [1.54, 1.807) is 62.6 Å². The molecule has 0 atom stereocenters. The SMILES string of the molecule is COc1ccc(C(=O)OCc2ccccc2Oc2cccnc2)cc1S(=O)(=O)NC(C)C. The van der Waals surface area contributed by atoms with E-state index in [4.69, 9.17) is 14.2 Å². The summed E-state index contributed by atoms with van der Waals surface area (Å²) in [6, 6.07) is 14.4. The third-order valence-corrected chi connectivity index (χ3v) is 5.95. The van der Waals surface area contributed by atoms with Crippen LogP contribution in [0.15, 0.2) is 71.9 Å². The van der Waals surface area contributed by atoms with Gasteiger partial charge in [0.25, 0.3) is 0 Å². The molecule has 0 spiro atoms. The number of para-hydroxylation sites is 1. The third-order valence-electron chi connectivity index (χ3n) is 4.27. The number of nitrogens with one attached hydrogen (secondary N) is 1.